The molecule has 0 radical (unpaired) electrons. The number of thiazole rings is 1. The van der Waals surface area contributed by atoms with Crippen LogP contribution < -0.4 is 0 Å². The summed E-state index contributed by atoms with van der Waals surface area (Å²) in [6.45, 7) is 4.39. The smallest absolute Gasteiger partial charge is 0.326 e. The quantitative estimate of drug-likeness (QED) is 0.900. The first-order valence-electron chi connectivity index (χ1n) is 6.50. The van der Waals surface area contributed by atoms with Gasteiger partial charge in [-0.2, -0.15) is 0 Å². The predicted octanol–water partition coefficient (Wildman–Crippen LogP) is 2.01. The molecule has 5 nitrogen and oxygen atoms in total. The second-order valence-electron chi connectivity index (χ2n) is 4.99. The van der Waals surface area contributed by atoms with Crippen molar-refractivity contribution in [3.8, 4) is 0 Å². The third-order valence-electron chi connectivity index (χ3n) is 3.42. The number of aryl methyl sites for hydroxylation is 1. The molecule has 0 aromatic carbocycles. The lowest BCUT2D eigenvalue weighted by Gasteiger charge is -2.23. The zero-order valence-electron chi connectivity index (χ0n) is 11.5. The Hall–Kier alpha value is -1.08. The highest BCUT2D eigenvalue weighted by molar-refractivity contribution is 7.99. The summed E-state index contributed by atoms with van der Waals surface area (Å²) in [5, 5.41) is 12.2. The van der Waals surface area contributed by atoms with Gasteiger partial charge in [-0.25, -0.2) is 9.78 Å². The van der Waals surface area contributed by atoms with Crippen molar-refractivity contribution in [2.75, 3.05) is 12.3 Å². The van der Waals surface area contributed by atoms with Crippen molar-refractivity contribution in [2.45, 2.75) is 32.1 Å². The van der Waals surface area contributed by atoms with Gasteiger partial charge in [0.05, 0.1) is 16.5 Å². The number of carboxylic acids is 1. The molecular formula is C13H18N2O3S2. The Bertz CT molecular complexity index is 504. The van der Waals surface area contributed by atoms with E-state index in [2.05, 4.69) is 4.98 Å². The molecule has 2 heterocycles. The Morgan fingerprint density at radius 1 is 1.60 bits per heavy atom. The molecule has 2 rings (SSSR count). The molecule has 1 aliphatic rings. The fourth-order valence-corrected chi connectivity index (χ4v) is 3.92. The largest absolute Gasteiger partial charge is 0.480 e. The lowest BCUT2D eigenvalue weighted by atomic mass is 10.0. The molecule has 110 valence electrons. The van der Waals surface area contributed by atoms with Gasteiger partial charge in [0, 0.05) is 17.7 Å². The summed E-state index contributed by atoms with van der Waals surface area (Å²) >= 11 is 3.09. The summed E-state index contributed by atoms with van der Waals surface area (Å²) < 4.78 is 0. The number of nitrogens with zero attached hydrogens (tertiary/aromatic N) is 2. The Balaban J connectivity index is 1.84. The van der Waals surface area contributed by atoms with E-state index in [9.17, 15) is 14.7 Å². The number of carbonyl (C=O) groups is 2. The van der Waals surface area contributed by atoms with Gasteiger partial charge in [-0.3, -0.25) is 4.79 Å². The number of thioether (sulfide) groups is 1. The van der Waals surface area contributed by atoms with Crippen molar-refractivity contribution >= 4 is 35.0 Å². The molecule has 0 bridgehead atoms. The molecule has 2 atom stereocenters. The fraction of sp³-hybridized carbons (Fsp3) is 0.615. The van der Waals surface area contributed by atoms with Crippen LogP contribution in [0, 0.1) is 12.8 Å². The van der Waals surface area contributed by atoms with Crippen LogP contribution >= 0.6 is 23.1 Å². The zero-order valence-corrected chi connectivity index (χ0v) is 13.2. The number of hydrogen-bond donors (Lipinski definition) is 1. The minimum atomic E-state index is -0.900. The second kappa shape index (κ2) is 6.58. The Labute approximate surface area is 126 Å². The van der Waals surface area contributed by atoms with Gasteiger partial charge in [0.25, 0.3) is 0 Å². The minimum Gasteiger partial charge on any atom is -0.480 e. The fourth-order valence-electron chi connectivity index (χ4n) is 2.40. The lowest BCUT2D eigenvalue weighted by molar-refractivity contribution is -0.148. The maximum Gasteiger partial charge on any atom is 0.326 e. The van der Waals surface area contributed by atoms with E-state index in [4.69, 9.17) is 0 Å². The predicted molar refractivity (Wildman–Crippen MR) is 79.9 cm³/mol. The number of hydrogen-bond acceptors (Lipinski definition) is 5. The molecule has 0 spiro atoms. The third-order valence-corrected chi connectivity index (χ3v) is 5.19. The van der Waals surface area contributed by atoms with E-state index in [0.717, 1.165) is 17.1 Å². The van der Waals surface area contributed by atoms with Crippen molar-refractivity contribution in [3.63, 3.8) is 0 Å². The second-order valence-corrected chi connectivity index (χ2v) is 7.03. The number of aromatic nitrogens is 1. The average Bonchev–Trinajstić information content (AvgIpc) is 2.95. The average molecular weight is 314 g/mol. The molecule has 1 amide bonds. The summed E-state index contributed by atoms with van der Waals surface area (Å²) in [7, 11) is 0. The van der Waals surface area contributed by atoms with E-state index in [1.54, 1.807) is 11.3 Å². The molecule has 1 saturated heterocycles. The van der Waals surface area contributed by atoms with Crippen molar-refractivity contribution < 1.29 is 14.7 Å². The molecule has 1 aliphatic heterocycles. The van der Waals surface area contributed by atoms with Gasteiger partial charge in [-0.05, 0) is 19.3 Å². The van der Waals surface area contributed by atoms with E-state index in [0.29, 0.717) is 18.1 Å². The summed E-state index contributed by atoms with van der Waals surface area (Å²) in [6, 6.07) is -0.662. The molecule has 2 unspecified atom stereocenters. The molecule has 1 aromatic heterocycles. The number of carboxylic acid groups (broad SMARTS) is 1. The maximum atomic E-state index is 12.1. The summed E-state index contributed by atoms with van der Waals surface area (Å²) in [6.07, 6.45) is 0.763. The molecule has 20 heavy (non-hydrogen) atoms. The summed E-state index contributed by atoms with van der Waals surface area (Å²) in [4.78, 5) is 29.2. The van der Waals surface area contributed by atoms with Crippen LogP contribution in [-0.2, 0) is 15.3 Å². The molecule has 7 heteroatoms. The normalized spacial score (nSPS) is 22.2. The first kappa shape index (κ1) is 15.3. The van der Waals surface area contributed by atoms with E-state index in [-0.39, 0.29) is 11.8 Å². The molecule has 1 aromatic rings. The van der Waals surface area contributed by atoms with Crippen LogP contribution in [-0.4, -0.2) is 45.2 Å². The summed E-state index contributed by atoms with van der Waals surface area (Å²) in [5.41, 5.74) is 0.981. The minimum absolute atomic E-state index is 0.0302. The molecule has 1 fully saturated rings. The van der Waals surface area contributed by atoms with E-state index in [1.165, 1.54) is 16.7 Å². The zero-order chi connectivity index (χ0) is 14.7. The van der Waals surface area contributed by atoms with E-state index >= 15 is 0 Å². The van der Waals surface area contributed by atoms with Crippen LogP contribution in [0.2, 0.25) is 0 Å². The SMILES string of the molecule is Cc1nc(CSCC(=O)N2CCC(C)C2C(=O)O)cs1. The number of likely N-dealkylation sites (tertiary alicyclic amines) is 1. The van der Waals surface area contributed by atoms with Crippen LogP contribution in [0.4, 0.5) is 0 Å². The molecular weight excluding hydrogens is 296 g/mol. The standard InChI is InChI=1S/C13H18N2O3S2/c1-8-3-4-15(12(8)13(17)18)11(16)7-19-5-10-6-20-9(2)14-10/h6,8,12H,3-5,7H2,1-2H3,(H,17,18). The Morgan fingerprint density at radius 3 is 2.95 bits per heavy atom. The van der Waals surface area contributed by atoms with Crippen LogP contribution in [0.5, 0.6) is 0 Å². The topological polar surface area (TPSA) is 70.5 Å². The first-order chi connectivity index (χ1) is 9.49. The maximum absolute atomic E-state index is 12.1. The van der Waals surface area contributed by atoms with Crippen LogP contribution in [0.1, 0.15) is 24.0 Å². The van der Waals surface area contributed by atoms with Gasteiger partial charge in [-0.15, -0.1) is 23.1 Å². The van der Waals surface area contributed by atoms with Gasteiger partial charge < -0.3 is 10.0 Å². The highest BCUT2D eigenvalue weighted by Gasteiger charge is 2.39. The number of amides is 1. The van der Waals surface area contributed by atoms with Crippen LogP contribution in [0.25, 0.3) is 0 Å². The van der Waals surface area contributed by atoms with Crippen molar-refractivity contribution in [2.24, 2.45) is 5.92 Å². The van der Waals surface area contributed by atoms with Crippen molar-refractivity contribution in [1.82, 2.24) is 9.88 Å². The Kier molecular flexibility index (Phi) is 5.04. The number of carbonyl (C=O) groups excluding carboxylic acids is 1. The molecule has 0 aliphatic carbocycles. The van der Waals surface area contributed by atoms with Crippen LogP contribution in [0.15, 0.2) is 5.38 Å². The lowest BCUT2D eigenvalue weighted by Crippen LogP contribution is -2.43. The van der Waals surface area contributed by atoms with E-state index < -0.39 is 12.0 Å². The van der Waals surface area contributed by atoms with Gasteiger partial charge in [0.2, 0.25) is 5.91 Å². The highest BCUT2D eigenvalue weighted by Crippen LogP contribution is 2.25. The number of rotatable bonds is 5. The third kappa shape index (κ3) is 3.52. The van der Waals surface area contributed by atoms with Crippen molar-refractivity contribution in [3.05, 3.63) is 16.1 Å². The Morgan fingerprint density at radius 2 is 2.35 bits per heavy atom. The summed E-state index contributed by atoms with van der Waals surface area (Å²) in [5.74, 6) is 0.0504. The van der Waals surface area contributed by atoms with Gasteiger partial charge in [0.1, 0.15) is 6.04 Å². The van der Waals surface area contributed by atoms with Gasteiger partial charge >= 0.3 is 5.97 Å². The van der Waals surface area contributed by atoms with Gasteiger partial charge in [-0.1, -0.05) is 6.92 Å². The van der Waals surface area contributed by atoms with Gasteiger partial charge in [0.15, 0.2) is 0 Å². The van der Waals surface area contributed by atoms with E-state index in [1.807, 2.05) is 19.2 Å². The monoisotopic (exact) mass is 314 g/mol. The molecule has 1 N–H and O–H groups in total. The van der Waals surface area contributed by atoms with Crippen LogP contribution in [0.3, 0.4) is 0 Å². The number of aliphatic carboxylic acids is 1. The highest BCUT2D eigenvalue weighted by atomic mass is 32.2. The first-order valence-corrected chi connectivity index (χ1v) is 8.53. The van der Waals surface area contributed by atoms with Crippen molar-refractivity contribution in [1.29, 1.82) is 0 Å². The molecule has 0 saturated carbocycles.